The molecule has 3 rings (SSSR count). The predicted octanol–water partition coefficient (Wildman–Crippen LogP) is 4.24. The summed E-state index contributed by atoms with van der Waals surface area (Å²) in [6.07, 6.45) is 7.07. The molecule has 1 heterocycles. The molecular weight excluding hydrogens is 246 g/mol. The van der Waals surface area contributed by atoms with E-state index in [9.17, 15) is 0 Å². The molecule has 0 spiro atoms. The fourth-order valence-electron chi connectivity index (χ4n) is 3.75. The smallest absolute Gasteiger partial charge is 0.122 e. The molecule has 1 aliphatic heterocycles. The number of nitrogens with two attached hydrogens (primary N) is 1. The minimum Gasteiger partial charge on any atom is -0.493 e. The van der Waals surface area contributed by atoms with Gasteiger partial charge in [0.1, 0.15) is 5.75 Å². The highest BCUT2D eigenvalue weighted by molar-refractivity contribution is 5.38. The van der Waals surface area contributed by atoms with E-state index in [4.69, 9.17) is 10.5 Å². The van der Waals surface area contributed by atoms with E-state index in [2.05, 4.69) is 38.1 Å². The average Bonchev–Trinajstić information content (AvgIpc) is 2.43. The van der Waals surface area contributed by atoms with Crippen LogP contribution in [0.3, 0.4) is 0 Å². The molecule has 110 valence electrons. The van der Waals surface area contributed by atoms with Crippen LogP contribution in [-0.4, -0.2) is 12.1 Å². The number of hydrogen-bond donors (Lipinski definition) is 1. The Bertz CT molecular complexity index is 470. The SMILES string of the molecule is CC1(C)CCC(N)(CC2CCOc3ccccc32)CC1. The van der Waals surface area contributed by atoms with Crippen molar-refractivity contribution in [2.45, 2.75) is 63.8 Å². The van der Waals surface area contributed by atoms with Gasteiger partial charge in [-0.25, -0.2) is 0 Å². The van der Waals surface area contributed by atoms with E-state index >= 15 is 0 Å². The van der Waals surface area contributed by atoms with E-state index in [1.165, 1.54) is 31.2 Å². The molecule has 0 saturated heterocycles. The molecule has 2 heteroatoms. The van der Waals surface area contributed by atoms with Gasteiger partial charge in [0.25, 0.3) is 0 Å². The molecule has 2 aliphatic rings. The van der Waals surface area contributed by atoms with Gasteiger partial charge in [-0.3, -0.25) is 0 Å². The molecule has 20 heavy (non-hydrogen) atoms. The summed E-state index contributed by atoms with van der Waals surface area (Å²) >= 11 is 0. The van der Waals surface area contributed by atoms with Crippen molar-refractivity contribution >= 4 is 0 Å². The van der Waals surface area contributed by atoms with Crippen LogP contribution < -0.4 is 10.5 Å². The Morgan fingerprint density at radius 2 is 1.85 bits per heavy atom. The van der Waals surface area contributed by atoms with Crippen LogP contribution >= 0.6 is 0 Å². The van der Waals surface area contributed by atoms with Crippen molar-refractivity contribution in [1.29, 1.82) is 0 Å². The fraction of sp³-hybridized carbons (Fsp3) is 0.667. The molecule has 0 aromatic heterocycles. The largest absolute Gasteiger partial charge is 0.493 e. The first-order chi connectivity index (χ1) is 9.48. The van der Waals surface area contributed by atoms with E-state index in [0.717, 1.165) is 25.2 Å². The lowest BCUT2D eigenvalue weighted by molar-refractivity contribution is 0.143. The van der Waals surface area contributed by atoms with Gasteiger partial charge >= 0.3 is 0 Å². The van der Waals surface area contributed by atoms with Gasteiger partial charge in [0.2, 0.25) is 0 Å². The number of rotatable bonds is 2. The summed E-state index contributed by atoms with van der Waals surface area (Å²) in [4.78, 5) is 0. The van der Waals surface area contributed by atoms with Crippen LogP contribution in [0, 0.1) is 5.41 Å². The second kappa shape index (κ2) is 5.07. The van der Waals surface area contributed by atoms with Gasteiger partial charge in [0, 0.05) is 5.54 Å². The number of ether oxygens (including phenoxy) is 1. The lowest BCUT2D eigenvalue weighted by Crippen LogP contribution is -2.46. The van der Waals surface area contributed by atoms with Gasteiger partial charge in [-0.1, -0.05) is 32.0 Å². The third-order valence-electron chi connectivity index (χ3n) is 5.33. The molecule has 0 bridgehead atoms. The minimum absolute atomic E-state index is 0.0324. The third-order valence-corrected chi connectivity index (χ3v) is 5.33. The Labute approximate surface area is 122 Å². The van der Waals surface area contributed by atoms with Crippen molar-refractivity contribution < 1.29 is 4.74 Å². The number of benzene rings is 1. The standard InChI is InChI=1S/C18H27NO/c1-17(2)8-10-18(19,11-9-17)13-14-7-12-20-16-6-4-3-5-15(14)16/h3-6,14H,7-13,19H2,1-2H3. The minimum atomic E-state index is 0.0324. The zero-order valence-corrected chi connectivity index (χ0v) is 12.8. The molecule has 1 aromatic rings. The highest BCUT2D eigenvalue weighted by Crippen LogP contribution is 2.45. The second-order valence-corrected chi connectivity index (χ2v) is 7.60. The molecule has 1 unspecified atom stereocenters. The highest BCUT2D eigenvalue weighted by Gasteiger charge is 2.38. The van der Waals surface area contributed by atoms with Gasteiger partial charge < -0.3 is 10.5 Å². The highest BCUT2D eigenvalue weighted by atomic mass is 16.5. The van der Waals surface area contributed by atoms with Crippen LogP contribution in [0.2, 0.25) is 0 Å². The van der Waals surface area contributed by atoms with E-state index in [1.54, 1.807) is 0 Å². The molecule has 2 nitrogen and oxygen atoms in total. The van der Waals surface area contributed by atoms with Gasteiger partial charge in [0.05, 0.1) is 6.61 Å². The molecule has 1 atom stereocenters. The van der Waals surface area contributed by atoms with Crippen molar-refractivity contribution in [3.63, 3.8) is 0 Å². The molecular formula is C18H27NO. The zero-order valence-electron chi connectivity index (χ0n) is 12.8. The van der Waals surface area contributed by atoms with Crippen molar-refractivity contribution in [2.24, 2.45) is 11.1 Å². The number of hydrogen-bond acceptors (Lipinski definition) is 2. The van der Waals surface area contributed by atoms with Gasteiger partial charge in [-0.05, 0) is 61.5 Å². The zero-order chi connectivity index (χ0) is 14.2. The summed E-state index contributed by atoms with van der Waals surface area (Å²) in [6, 6.07) is 8.49. The summed E-state index contributed by atoms with van der Waals surface area (Å²) < 4.78 is 5.77. The average molecular weight is 273 g/mol. The first-order valence-corrected chi connectivity index (χ1v) is 7.98. The lowest BCUT2D eigenvalue weighted by Gasteiger charge is -2.43. The summed E-state index contributed by atoms with van der Waals surface area (Å²) in [5.74, 6) is 1.65. The summed E-state index contributed by atoms with van der Waals surface area (Å²) in [5.41, 5.74) is 8.61. The molecule has 1 aromatic carbocycles. The Hall–Kier alpha value is -1.02. The Morgan fingerprint density at radius 1 is 1.15 bits per heavy atom. The maximum Gasteiger partial charge on any atom is 0.122 e. The Kier molecular flexibility index (Phi) is 3.53. The van der Waals surface area contributed by atoms with Crippen molar-refractivity contribution in [2.75, 3.05) is 6.61 Å². The molecule has 1 saturated carbocycles. The first kappa shape index (κ1) is 13.9. The maximum absolute atomic E-state index is 6.73. The van der Waals surface area contributed by atoms with Crippen LogP contribution in [0.25, 0.3) is 0 Å². The summed E-state index contributed by atoms with van der Waals surface area (Å²) in [6.45, 7) is 5.58. The first-order valence-electron chi connectivity index (χ1n) is 7.98. The normalized spacial score (nSPS) is 27.4. The van der Waals surface area contributed by atoms with E-state index in [-0.39, 0.29) is 5.54 Å². The molecule has 1 fully saturated rings. The summed E-state index contributed by atoms with van der Waals surface area (Å²) in [5, 5.41) is 0. The maximum atomic E-state index is 6.73. The number of fused-ring (bicyclic) bond motifs is 1. The topological polar surface area (TPSA) is 35.2 Å². The summed E-state index contributed by atoms with van der Waals surface area (Å²) in [7, 11) is 0. The fourth-order valence-corrected chi connectivity index (χ4v) is 3.75. The Balaban J connectivity index is 1.73. The van der Waals surface area contributed by atoms with Crippen LogP contribution in [0.15, 0.2) is 24.3 Å². The molecule has 1 aliphatic carbocycles. The van der Waals surface area contributed by atoms with Crippen molar-refractivity contribution in [1.82, 2.24) is 0 Å². The van der Waals surface area contributed by atoms with Crippen molar-refractivity contribution in [3.8, 4) is 5.75 Å². The van der Waals surface area contributed by atoms with Crippen molar-refractivity contribution in [3.05, 3.63) is 29.8 Å². The van der Waals surface area contributed by atoms with Gasteiger partial charge in [-0.2, -0.15) is 0 Å². The van der Waals surface area contributed by atoms with E-state index in [1.807, 2.05) is 0 Å². The molecule has 2 N–H and O–H groups in total. The van der Waals surface area contributed by atoms with Crippen LogP contribution in [0.5, 0.6) is 5.75 Å². The van der Waals surface area contributed by atoms with Gasteiger partial charge in [-0.15, -0.1) is 0 Å². The van der Waals surface area contributed by atoms with E-state index in [0.29, 0.717) is 11.3 Å². The molecule has 0 radical (unpaired) electrons. The third kappa shape index (κ3) is 2.85. The second-order valence-electron chi connectivity index (χ2n) is 7.60. The van der Waals surface area contributed by atoms with Crippen LogP contribution in [0.1, 0.15) is 63.9 Å². The lowest BCUT2D eigenvalue weighted by atomic mass is 9.66. The van der Waals surface area contributed by atoms with Gasteiger partial charge in [0.15, 0.2) is 0 Å². The van der Waals surface area contributed by atoms with Crippen LogP contribution in [-0.2, 0) is 0 Å². The Morgan fingerprint density at radius 3 is 2.60 bits per heavy atom. The molecule has 0 amide bonds. The number of para-hydroxylation sites is 1. The quantitative estimate of drug-likeness (QED) is 0.874. The van der Waals surface area contributed by atoms with Crippen LogP contribution in [0.4, 0.5) is 0 Å². The predicted molar refractivity (Wildman–Crippen MR) is 83.1 cm³/mol. The van der Waals surface area contributed by atoms with E-state index < -0.39 is 0 Å². The monoisotopic (exact) mass is 273 g/mol.